The number of benzene rings is 2. The second kappa shape index (κ2) is 4.96. The Hall–Kier alpha value is -2.13. The number of rotatable bonds is 1. The Balaban J connectivity index is 1.76. The minimum absolute atomic E-state index is 0.00742. The number of fused-ring (bicyclic) bond motifs is 2. The van der Waals surface area contributed by atoms with Gasteiger partial charge in [0.2, 0.25) is 5.91 Å². The summed E-state index contributed by atoms with van der Waals surface area (Å²) in [7, 11) is 0. The zero-order valence-corrected chi connectivity index (χ0v) is 12.7. The minimum atomic E-state index is -0.551. The number of ether oxygens (including phenoxy) is 1. The van der Waals surface area contributed by atoms with E-state index in [9.17, 15) is 4.79 Å². The Morgan fingerprint density at radius 3 is 2.50 bits per heavy atom. The molecule has 1 saturated heterocycles. The fourth-order valence-corrected chi connectivity index (χ4v) is 3.73. The van der Waals surface area contributed by atoms with Crippen LogP contribution < -0.4 is 0 Å². The summed E-state index contributed by atoms with van der Waals surface area (Å²) in [4.78, 5) is 14.9. The second-order valence-corrected chi connectivity index (χ2v) is 6.30. The molecule has 22 heavy (non-hydrogen) atoms. The van der Waals surface area contributed by atoms with Crippen LogP contribution in [0.5, 0.6) is 0 Å². The molecule has 1 amide bonds. The van der Waals surface area contributed by atoms with E-state index in [0.29, 0.717) is 13.0 Å². The van der Waals surface area contributed by atoms with Crippen LogP contribution in [-0.4, -0.2) is 23.1 Å². The summed E-state index contributed by atoms with van der Waals surface area (Å²) in [6.45, 7) is 2.60. The van der Waals surface area contributed by atoms with Gasteiger partial charge in [0.1, 0.15) is 5.72 Å². The molecule has 0 N–H and O–H groups in total. The van der Waals surface area contributed by atoms with Crippen LogP contribution >= 0.6 is 0 Å². The molecule has 1 fully saturated rings. The Kier molecular flexibility index (Phi) is 3.05. The fraction of sp³-hybridized carbons (Fsp3) is 0.316. The van der Waals surface area contributed by atoms with E-state index in [4.69, 9.17) is 4.74 Å². The molecule has 0 bridgehead atoms. The van der Waals surface area contributed by atoms with Crippen LogP contribution in [-0.2, 0) is 22.4 Å². The van der Waals surface area contributed by atoms with Gasteiger partial charge in [-0.25, -0.2) is 0 Å². The highest BCUT2D eigenvalue weighted by molar-refractivity contribution is 5.81. The number of hydrogen-bond acceptors (Lipinski definition) is 2. The van der Waals surface area contributed by atoms with Crippen molar-refractivity contribution in [3.8, 4) is 0 Å². The number of carbonyl (C=O) groups is 1. The smallest absolute Gasteiger partial charge is 0.229 e. The van der Waals surface area contributed by atoms with Gasteiger partial charge in [-0.1, -0.05) is 54.6 Å². The lowest BCUT2D eigenvalue weighted by molar-refractivity contribution is -0.146. The van der Waals surface area contributed by atoms with Gasteiger partial charge in [-0.3, -0.25) is 4.79 Å². The van der Waals surface area contributed by atoms with E-state index >= 15 is 0 Å². The molecule has 3 heteroatoms. The van der Waals surface area contributed by atoms with Crippen molar-refractivity contribution in [2.75, 3.05) is 6.61 Å². The monoisotopic (exact) mass is 293 g/mol. The van der Waals surface area contributed by atoms with E-state index in [1.165, 1.54) is 5.56 Å². The molecule has 2 aliphatic heterocycles. The summed E-state index contributed by atoms with van der Waals surface area (Å²) >= 11 is 0. The first kappa shape index (κ1) is 13.5. The maximum atomic E-state index is 12.9. The molecule has 2 aromatic rings. The van der Waals surface area contributed by atoms with Crippen LogP contribution in [0.1, 0.15) is 29.7 Å². The van der Waals surface area contributed by atoms with Gasteiger partial charge in [0.15, 0.2) is 0 Å². The van der Waals surface area contributed by atoms with Gasteiger partial charge in [0, 0.05) is 6.42 Å². The Bertz CT molecular complexity index is 712. The Morgan fingerprint density at radius 1 is 1.05 bits per heavy atom. The van der Waals surface area contributed by atoms with Gasteiger partial charge >= 0.3 is 0 Å². The van der Waals surface area contributed by atoms with Crippen molar-refractivity contribution in [1.29, 1.82) is 0 Å². The van der Waals surface area contributed by atoms with E-state index in [-0.39, 0.29) is 11.9 Å². The van der Waals surface area contributed by atoms with E-state index in [1.807, 2.05) is 42.2 Å². The van der Waals surface area contributed by atoms with Crippen LogP contribution in [0.15, 0.2) is 54.6 Å². The van der Waals surface area contributed by atoms with Crippen molar-refractivity contribution >= 4 is 5.91 Å². The maximum Gasteiger partial charge on any atom is 0.229 e. The van der Waals surface area contributed by atoms with Crippen LogP contribution in [0.2, 0.25) is 0 Å². The van der Waals surface area contributed by atoms with E-state index in [1.54, 1.807) is 0 Å². The number of amides is 1. The molecule has 4 rings (SSSR count). The highest BCUT2D eigenvalue weighted by Gasteiger charge is 2.48. The van der Waals surface area contributed by atoms with Gasteiger partial charge in [-0.05, 0) is 23.6 Å². The first-order valence-corrected chi connectivity index (χ1v) is 7.75. The zero-order chi connectivity index (χ0) is 15.2. The largest absolute Gasteiger partial charge is 0.353 e. The topological polar surface area (TPSA) is 29.5 Å². The quantitative estimate of drug-likeness (QED) is 0.808. The van der Waals surface area contributed by atoms with Crippen molar-refractivity contribution in [3.63, 3.8) is 0 Å². The third-order valence-corrected chi connectivity index (χ3v) is 4.80. The first-order valence-electron chi connectivity index (χ1n) is 7.75. The number of hydrogen-bond donors (Lipinski definition) is 0. The molecule has 2 atom stereocenters. The molecule has 0 aromatic heterocycles. The van der Waals surface area contributed by atoms with E-state index in [0.717, 1.165) is 17.5 Å². The molecule has 0 unspecified atom stereocenters. The van der Waals surface area contributed by atoms with Gasteiger partial charge in [0.05, 0.1) is 19.1 Å². The SMILES string of the molecule is C[C@]12Cc3ccccc3CC(=O)N1[C@@H](c1ccccc1)CO2. The summed E-state index contributed by atoms with van der Waals surface area (Å²) in [5.41, 5.74) is 2.93. The summed E-state index contributed by atoms with van der Waals surface area (Å²) in [6, 6.07) is 18.4. The highest BCUT2D eigenvalue weighted by atomic mass is 16.5. The first-order chi connectivity index (χ1) is 10.7. The predicted octanol–water partition coefficient (Wildman–Crippen LogP) is 3.10. The normalized spacial score (nSPS) is 27.2. The molecular weight excluding hydrogens is 274 g/mol. The zero-order valence-electron chi connectivity index (χ0n) is 12.7. The molecule has 0 radical (unpaired) electrons. The summed E-state index contributed by atoms with van der Waals surface area (Å²) < 4.78 is 6.12. The molecule has 3 nitrogen and oxygen atoms in total. The van der Waals surface area contributed by atoms with Crippen LogP contribution in [0.25, 0.3) is 0 Å². The summed E-state index contributed by atoms with van der Waals surface area (Å²) in [6.07, 6.45) is 1.21. The minimum Gasteiger partial charge on any atom is -0.353 e. The maximum absolute atomic E-state index is 12.9. The van der Waals surface area contributed by atoms with Gasteiger partial charge in [-0.15, -0.1) is 0 Å². The standard InChI is InChI=1S/C19H19NO2/c1-19-12-16-10-6-5-9-15(16)11-18(21)20(19)17(13-22-19)14-7-3-2-4-8-14/h2-10,17H,11-13H2,1H3/t17-,19+/m1/s1. The molecular formula is C19H19NO2. The van der Waals surface area contributed by atoms with Gasteiger partial charge < -0.3 is 9.64 Å². The predicted molar refractivity (Wildman–Crippen MR) is 84.2 cm³/mol. The second-order valence-electron chi connectivity index (χ2n) is 6.30. The molecule has 0 aliphatic carbocycles. The summed E-state index contributed by atoms with van der Waals surface area (Å²) in [5.74, 6) is 0.152. The Morgan fingerprint density at radius 2 is 1.73 bits per heavy atom. The fourth-order valence-electron chi connectivity index (χ4n) is 3.73. The molecule has 0 spiro atoms. The average molecular weight is 293 g/mol. The van der Waals surface area contributed by atoms with Crippen molar-refractivity contribution in [3.05, 3.63) is 71.3 Å². The summed E-state index contributed by atoms with van der Waals surface area (Å²) in [5, 5.41) is 0. The van der Waals surface area contributed by atoms with Crippen molar-refractivity contribution in [2.24, 2.45) is 0 Å². The van der Waals surface area contributed by atoms with E-state index < -0.39 is 5.72 Å². The third-order valence-electron chi connectivity index (χ3n) is 4.80. The van der Waals surface area contributed by atoms with Gasteiger partial charge in [-0.2, -0.15) is 0 Å². The Labute approximate surface area is 130 Å². The lowest BCUT2D eigenvalue weighted by Gasteiger charge is -2.35. The molecule has 2 aromatic carbocycles. The van der Waals surface area contributed by atoms with Crippen molar-refractivity contribution < 1.29 is 9.53 Å². The molecule has 112 valence electrons. The lowest BCUT2D eigenvalue weighted by Crippen LogP contribution is -2.47. The molecule has 2 heterocycles. The molecule has 2 aliphatic rings. The van der Waals surface area contributed by atoms with Crippen molar-refractivity contribution in [2.45, 2.75) is 31.5 Å². The lowest BCUT2D eigenvalue weighted by atomic mass is 9.99. The third kappa shape index (κ3) is 2.04. The van der Waals surface area contributed by atoms with Crippen LogP contribution in [0.4, 0.5) is 0 Å². The van der Waals surface area contributed by atoms with Crippen molar-refractivity contribution in [1.82, 2.24) is 4.90 Å². The van der Waals surface area contributed by atoms with Gasteiger partial charge in [0.25, 0.3) is 0 Å². The van der Waals surface area contributed by atoms with Crippen LogP contribution in [0, 0.1) is 0 Å². The van der Waals surface area contributed by atoms with E-state index in [2.05, 4.69) is 24.3 Å². The number of nitrogens with zero attached hydrogens (tertiary/aromatic N) is 1. The highest BCUT2D eigenvalue weighted by Crippen LogP contribution is 2.41. The average Bonchev–Trinajstić information content (AvgIpc) is 2.82. The number of carbonyl (C=O) groups excluding carboxylic acids is 1. The van der Waals surface area contributed by atoms with Crippen LogP contribution in [0.3, 0.4) is 0 Å². The molecule has 0 saturated carbocycles.